The molecular formula is C16H19N2NaO7S2. The number of aliphatic carboxylic acids is 1. The number of amides is 2. The van der Waals surface area contributed by atoms with Crippen molar-refractivity contribution in [2.24, 2.45) is 0 Å². The van der Waals surface area contributed by atoms with Gasteiger partial charge in [0.1, 0.15) is 17.5 Å². The van der Waals surface area contributed by atoms with Gasteiger partial charge in [-0.05, 0) is 19.4 Å². The fourth-order valence-electron chi connectivity index (χ4n) is 3.46. The van der Waals surface area contributed by atoms with Crippen LogP contribution in [0.4, 0.5) is 0 Å². The van der Waals surface area contributed by atoms with Crippen LogP contribution in [-0.2, 0) is 24.5 Å². The van der Waals surface area contributed by atoms with Crippen molar-refractivity contribution in [3.63, 3.8) is 0 Å². The molecule has 2 aliphatic rings. The molecule has 0 saturated carbocycles. The van der Waals surface area contributed by atoms with Gasteiger partial charge in [0.15, 0.2) is 5.25 Å². The average Bonchev–Trinajstić information content (AvgIpc) is 2.81. The molecular weight excluding hydrogens is 419 g/mol. The topological polar surface area (TPSA) is 141 Å². The van der Waals surface area contributed by atoms with Gasteiger partial charge >= 0.3 is 35.5 Å². The number of nitrogens with one attached hydrogen (secondary N) is 1. The normalized spacial score (nSPS) is 26.5. The van der Waals surface area contributed by atoms with E-state index >= 15 is 0 Å². The van der Waals surface area contributed by atoms with Crippen molar-refractivity contribution in [3.05, 3.63) is 35.9 Å². The first-order chi connectivity index (χ1) is 12.4. The molecule has 4 atom stereocenters. The fraction of sp³-hybridized carbons (Fsp3) is 0.438. The van der Waals surface area contributed by atoms with Gasteiger partial charge < -0.3 is 15.3 Å². The second-order valence-electron chi connectivity index (χ2n) is 6.89. The Kier molecular flexibility index (Phi) is 6.59. The molecule has 12 heteroatoms. The molecule has 1 aromatic carbocycles. The van der Waals surface area contributed by atoms with E-state index in [-0.39, 0.29) is 35.1 Å². The van der Waals surface area contributed by atoms with Crippen LogP contribution in [0.15, 0.2) is 30.3 Å². The predicted octanol–water partition coefficient (Wildman–Crippen LogP) is -0.401. The Morgan fingerprint density at radius 3 is 2.32 bits per heavy atom. The van der Waals surface area contributed by atoms with Gasteiger partial charge in [-0.2, -0.15) is 8.42 Å². The number of carbonyl (C=O) groups excluding carboxylic acids is 2. The summed E-state index contributed by atoms with van der Waals surface area (Å²) in [5.74, 6) is -2.78. The molecule has 2 saturated heterocycles. The van der Waals surface area contributed by atoms with Crippen molar-refractivity contribution in [3.8, 4) is 0 Å². The number of carbonyl (C=O) groups is 3. The van der Waals surface area contributed by atoms with Crippen LogP contribution in [0.2, 0.25) is 0 Å². The van der Waals surface area contributed by atoms with Crippen LogP contribution in [-0.4, -0.2) is 92.5 Å². The summed E-state index contributed by atoms with van der Waals surface area (Å²) in [6.45, 7) is 3.37. The maximum atomic E-state index is 12.6. The Labute approximate surface area is 188 Å². The van der Waals surface area contributed by atoms with Gasteiger partial charge in [0.25, 0.3) is 10.1 Å². The summed E-state index contributed by atoms with van der Waals surface area (Å²) >= 11 is 1.22. The summed E-state index contributed by atoms with van der Waals surface area (Å²) in [7, 11) is -4.77. The summed E-state index contributed by atoms with van der Waals surface area (Å²) < 4.78 is 32.2. The molecule has 3 N–H and O–H groups in total. The molecule has 0 bridgehead atoms. The fourth-order valence-corrected chi connectivity index (χ4v) is 5.93. The summed E-state index contributed by atoms with van der Waals surface area (Å²) in [4.78, 5) is 37.7. The third-order valence-electron chi connectivity index (χ3n) is 4.61. The zero-order chi connectivity index (χ0) is 20.1. The number of hydrogen-bond acceptors (Lipinski definition) is 6. The van der Waals surface area contributed by atoms with Gasteiger partial charge in [-0.25, -0.2) is 4.79 Å². The van der Waals surface area contributed by atoms with E-state index in [0.29, 0.717) is 0 Å². The molecule has 2 heterocycles. The van der Waals surface area contributed by atoms with E-state index in [1.165, 1.54) is 40.9 Å². The van der Waals surface area contributed by atoms with Crippen molar-refractivity contribution in [2.75, 3.05) is 0 Å². The van der Waals surface area contributed by atoms with Crippen LogP contribution in [0.5, 0.6) is 0 Å². The van der Waals surface area contributed by atoms with E-state index in [1.807, 2.05) is 0 Å². The monoisotopic (exact) mass is 438 g/mol. The van der Waals surface area contributed by atoms with Gasteiger partial charge in [0, 0.05) is 4.75 Å². The molecule has 0 aromatic heterocycles. The van der Waals surface area contributed by atoms with Crippen LogP contribution in [0.3, 0.4) is 0 Å². The van der Waals surface area contributed by atoms with Crippen LogP contribution in [0.25, 0.3) is 0 Å². The summed E-state index contributed by atoms with van der Waals surface area (Å²) in [5.41, 5.74) is 0.0592. The third-order valence-corrected chi connectivity index (χ3v) is 7.26. The summed E-state index contributed by atoms with van der Waals surface area (Å²) in [6.07, 6.45) is 0. The molecule has 0 spiro atoms. The number of carboxylic acids is 1. The molecule has 2 amide bonds. The molecule has 0 radical (unpaired) electrons. The van der Waals surface area contributed by atoms with Crippen molar-refractivity contribution in [1.29, 1.82) is 0 Å². The molecule has 1 unspecified atom stereocenters. The summed E-state index contributed by atoms with van der Waals surface area (Å²) in [6, 6.07) is 5.31. The molecule has 28 heavy (non-hydrogen) atoms. The number of carboxylic acid groups (broad SMARTS) is 1. The van der Waals surface area contributed by atoms with Gasteiger partial charge in [-0.3, -0.25) is 14.1 Å². The minimum absolute atomic E-state index is 0. The number of nitrogens with zero attached hydrogens (tertiary/aromatic N) is 1. The zero-order valence-corrected chi connectivity index (χ0v) is 16.0. The van der Waals surface area contributed by atoms with E-state index in [1.54, 1.807) is 19.9 Å². The van der Waals surface area contributed by atoms with Crippen LogP contribution in [0.1, 0.15) is 24.7 Å². The average molecular weight is 438 g/mol. The van der Waals surface area contributed by atoms with E-state index in [0.717, 1.165) is 0 Å². The van der Waals surface area contributed by atoms with Gasteiger partial charge in [-0.1, -0.05) is 30.3 Å². The summed E-state index contributed by atoms with van der Waals surface area (Å²) in [5, 5.41) is 9.26. The first-order valence-electron chi connectivity index (χ1n) is 7.99. The Morgan fingerprint density at radius 2 is 1.82 bits per heavy atom. The molecule has 2 fully saturated rings. The number of benzene rings is 1. The molecule has 3 rings (SSSR count). The first-order valence-corrected chi connectivity index (χ1v) is 10.4. The Morgan fingerprint density at radius 1 is 1.25 bits per heavy atom. The van der Waals surface area contributed by atoms with E-state index in [9.17, 15) is 32.5 Å². The van der Waals surface area contributed by atoms with Crippen molar-refractivity contribution in [1.82, 2.24) is 10.2 Å². The molecule has 1 aromatic rings. The quantitative estimate of drug-likeness (QED) is 0.320. The molecule has 148 valence electrons. The van der Waals surface area contributed by atoms with E-state index in [2.05, 4.69) is 5.32 Å². The van der Waals surface area contributed by atoms with Crippen molar-refractivity contribution in [2.45, 2.75) is 41.3 Å². The van der Waals surface area contributed by atoms with E-state index in [4.69, 9.17) is 0 Å². The number of rotatable bonds is 5. The van der Waals surface area contributed by atoms with Crippen LogP contribution < -0.4 is 5.32 Å². The number of thioether (sulfide) groups is 1. The molecule has 0 aliphatic carbocycles. The Bertz CT molecular complexity index is 907. The number of fused-ring (bicyclic) bond motifs is 1. The maximum absolute atomic E-state index is 12.6. The van der Waals surface area contributed by atoms with Crippen LogP contribution in [0, 0.1) is 0 Å². The van der Waals surface area contributed by atoms with E-state index < -0.39 is 55.4 Å². The second-order valence-corrected chi connectivity index (χ2v) is 10.2. The SMILES string of the molecule is CC1(C)S[C@@H]2[C@H](NC(=O)C(c3ccccc3)S(=O)(=O)O)C(=O)N2[C@H]1C(=O)O.[NaH]. The number of β-lactam (4-membered cyclic amide) rings is 1. The van der Waals surface area contributed by atoms with Gasteiger partial charge in [0.05, 0.1) is 0 Å². The van der Waals surface area contributed by atoms with Gasteiger partial charge in [-0.15, -0.1) is 11.8 Å². The van der Waals surface area contributed by atoms with Crippen molar-refractivity contribution >= 4 is 69.2 Å². The van der Waals surface area contributed by atoms with Gasteiger partial charge in [0.2, 0.25) is 11.8 Å². The molecule has 9 nitrogen and oxygen atoms in total. The zero-order valence-electron chi connectivity index (χ0n) is 14.4. The molecule has 2 aliphatic heterocycles. The first kappa shape index (κ1) is 23.2. The van der Waals surface area contributed by atoms with Crippen molar-refractivity contribution < 1.29 is 32.5 Å². The third kappa shape index (κ3) is 3.96. The number of hydrogen-bond donors (Lipinski definition) is 3. The predicted molar refractivity (Wildman–Crippen MR) is 104 cm³/mol. The van der Waals surface area contributed by atoms with Crippen LogP contribution >= 0.6 is 11.8 Å². The minimum atomic E-state index is -4.77. The Hall–Kier alpha value is -1.11. The standard InChI is InChI=1S/C16H18N2O7S2.Na.H/c1-16(2)11(15(21)22)18-13(20)9(14(18)26-16)17-12(19)10(27(23,24)25)8-6-4-3-5-7-8;;/h3-7,9-11,14H,1-2H3,(H,17,19)(H,21,22)(H,23,24,25);;/t9-,10?,11+,14-;;/m1../s1. The second kappa shape index (κ2) is 7.96. The Balaban J connectivity index is 0.00000280.